The van der Waals surface area contributed by atoms with Gasteiger partial charge in [-0.1, -0.05) is 12.2 Å². The molecule has 0 bridgehead atoms. The lowest BCUT2D eigenvalue weighted by molar-refractivity contribution is 0.578. The van der Waals surface area contributed by atoms with Crippen molar-refractivity contribution in [3.63, 3.8) is 0 Å². The van der Waals surface area contributed by atoms with Crippen molar-refractivity contribution >= 4 is 11.6 Å². The van der Waals surface area contributed by atoms with E-state index in [4.69, 9.17) is 11.6 Å². The number of hydrogen-bond acceptors (Lipinski definition) is 1. The van der Waals surface area contributed by atoms with Gasteiger partial charge in [0, 0.05) is 18.5 Å². The largest absolute Gasteiger partial charge is 0.313 e. The molecule has 0 aliphatic heterocycles. The highest BCUT2D eigenvalue weighted by molar-refractivity contribution is 6.18. The summed E-state index contributed by atoms with van der Waals surface area (Å²) in [6.45, 7) is 1.39. The molecule has 88 valence electrons. The van der Waals surface area contributed by atoms with Crippen molar-refractivity contribution in [2.24, 2.45) is 0 Å². The minimum Gasteiger partial charge on any atom is -0.313 e. The normalized spacial score (nSPS) is 11.2. The van der Waals surface area contributed by atoms with Crippen molar-refractivity contribution < 1.29 is 8.78 Å². The van der Waals surface area contributed by atoms with Gasteiger partial charge in [0.05, 0.1) is 0 Å². The number of alkyl halides is 1. The second-order valence-electron chi connectivity index (χ2n) is 3.36. The van der Waals surface area contributed by atoms with Crippen LogP contribution in [-0.2, 0) is 6.42 Å². The van der Waals surface area contributed by atoms with Gasteiger partial charge in [0.15, 0.2) is 0 Å². The number of allylic oxidation sites excluding steroid dienone is 1. The van der Waals surface area contributed by atoms with Crippen molar-refractivity contribution in [2.45, 2.75) is 6.42 Å². The molecule has 0 radical (unpaired) electrons. The van der Waals surface area contributed by atoms with Crippen LogP contribution in [0.1, 0.15) is 5.56 Å². The van der Waals surface area contributed by atoms with E-state index in [2.05, 4.69) is 5.32 Å². The Morgan fingerprint density at radius 3 is 2.44 bits per heavy atom. The molecule has 4 heteroatoms. The van der Waals surface area contributed by atoms with E-state index < -0.39 is 11.6 Å². The molecule has 0 saturated heterocycles. The van der Waals surface area contributed by atoms with Gasteiger partial charge in [0.1, 0.15) is 11.6 Å². The third kappa shape index (κ3) is 5.24. The first-order chi connectivity index (χ1) is 7.72. The van der Waals surface area contributed by atoms with Crippen LogP contribution in [0.4, 0.5) is 8.78 Å². The molecule has 0 saturated carbocycles. The Morgan fingerprint density at radius 1 is 1.12 bits per heavy atom. The highest BCUT2D eigenvalue weighted by atomic mass is 35.5. The zero-order valence-corrected chi connectivity index (χ0v) is 9.61. The van der Waals surface area contributed by atoms with Crippen LogP contribution in [0.2, 0.25) is 0 Å². The summed E-state index contributed by atoms with van der Waals surface area (Å²) in [5, 5.41) is 3.12. The van der Waals surface area contributed by atoms with Gasteiger partial charge >= 0.3 is 0 Å². The van der Waals surface area contributed by atoms with E-state index in [9.17, 15) is 8.78 Å². The Bertz CT molecular complexity index is 333. The Kier molecular flexibility index (Phi) is 6.04. The molecular weight excluding hydrogens is 232 g/mol. The van der Waals surface area contributed by atoms with E-state index >= 15 is 0 Å². The fourth-order valence-electron chi connectivity index (χ4n) is 1.32. The molecule has 0 aliphatic carbocycles. The minimum atomic E-state index is -0.531. The minimum absolute atomic E-state index is 0.497. The summed E-state index contributed by atoms with van der Waals surface area (Å²) in [5.41, 5.74) is 0.659. The number of benzene rings is 1. The number of rotatable bonds is 6. The number of halogens is 3. The van der Waals surface area contributed by atoms with Crippen molar-refractivity contribution in [2.75, 3.05) is 19.0 Å². The summed E-state index contributed by atoms with van der Waals surface area (Å²) in [6.07, 6.45) is 4.36. The van der Waals surface area contributed by atoms with E-state index in [0.29, 0.717) is 31.0 Å². The first-order valence-corrected chi connectivity index (χ1v) is 5.62. The van der Waals surface area contributed by atoms with Crippen LogP contribution in [0, 0.1) is 11.6 Å². The van der Waals surface area contributed by atoms with Crippen molar-refractivity contribution in [1.82, 2.24) is 5.32 Å². The van der Waals surface area contributed by atoms with Crippen LogP contribution >= 0.6 is 11.6 Å². The molecule has 0 amide bonds. The molecule has 0 aromatic heterocycles. The third-order valence-corrected chi connectivity index (χ3v) is 2.21. The molecule has 1 aromatic carbocycles. The first kappa shape index (κ1) is 13.1. The summed E-state index contributed by atoms with van der Waals surface area (Å²) < 4.78 is 25.6. The molecule has 0 fully saturated rings. The predicted octanol–water partition coefficient (Wildman–Crippen LogP) is 2.89. The van der Waals surface area contributed by atoms with Gasteiger partial charge in [-0.25, -0.2) is 8.78 Å². The maximum Gasteiger partial charge on any atom is 0.126 e. The van der Waals surface area contributed by atoms with Gasteiger partial charge in [-0.15, -0.1) is 11.6 Å². The predicted molar refractivity (Wildman–Crippen MR) is 62.8 cm³/mol. The lowest BCUT2D eigenvalue weighted by Crippen LogP contribution is -2.17. The average molecular weight is 246 g/mol. The van der Waals surface area contributed by atoms with Crippen molar-refractivity contribution in [3.05, 3.63) is 47.5 Å². The molecule has 1 rings (SSSR count). The fraction of sp³-hybridized carbons (Fsp3) is 0.333. The first-order valence-electron chi connectivity index (χ1n) is 5.09. The van der Waals surface area contributed by atoms with E-state index in [0.717, 1.165) is 6.07 Å². The molecule has 0 unspecified atom stereocenters. The standard InChI is InChI=1S/C12H14ClF2N/c13-4-1-2-5-16-6-3-10-7-11(14)9-12(15)8-10/h1-2,7-9,16H,3-6H2/b2-1+. The quantitative estimate of drug-likeness (QED) is 0.462. The van der Waals surface area contributed by atoms with Crippen molar-refractivity contribution in [1.29, 1.82) is 0 Å². The lowest BCUT2D eigenvalue weighted by atomic mass is 10.1. The van der Waals surface area contributed by atoms with E-state index in [1.165, 1.54) is 12.1 Å². The zero-order chi connectivity index (χ0) is 11.8. The summed E-state index contributed by atoms with van der Waals surface area (Å²) in [7, 11) is 0. The van der Waals surface area contributed by atoms with Crippen LogP contribution in [0.25, 0.3) is 0 Å². The van der Waals surface area contributed by atoms with E-state index in [1.54, 1.807) is 0 Å². The monoisotopic (exact) mass is 245 g/mol. The van der Waals surface area contributed by atoms with E-state index in [-0.39, 0.29) is 0 Å². The maximum absolute atomic E-state index is 12.8. The number of nitrogens with one attached hydrogen (secondary N) is 1. The summed E-state index contributed by atoms with van der Waals surface area (Å²) in [4.78, 5) is 0. The van der Waals surface area contributed by atoms with Gasteiger partial charge < -0.3 is 5.32 Å². The van der Waals surface area contributed by atoms with Gasteiger partial charge in [-0.2, -0.15) is 0 Å². The molecular formula is C12H14ClF2N. The second kappa shape index (κ2) is 7.36. The summed E-state index contributed by atoms with van der Waals surface area (Å²) in [5.74, 6) is -0.564. The molecule has 1 nitrogen and oxygen atoms in total. The lowest BCUT2D eigenvalue weighted by Gasteiger charge is -2.03. The molecule has 1 aromatic rings. The molecule has 0 heterocycles. The van der Waals surface area contributed by atoms with Gasteiger partial charge in [-0.3, -0.25) is 0 Å². The topological polar surface area (TPSA) is 12.0 Å². The SMILES string of the molecule is Fc1cc(F)cc(CCNC/C=C/CCl)c1. The highest BCUT2D eigenvalue weighted by Gasteiger charge is 1.99. The number of hydrogen-bond donors (Lipinski definition) is 1. The van der Waals surface area contributed by atoms with Gasteiger partial charge in [0.2, 0.25) is 0 Å². The Morgan fingerprint density at radius 2 is 1.81 bits per heavy atom. The Hall–Kier alpha value is -0.930. The van der Waals surface area contributed by atoms with Crippen LogP contribution in [-0.4, -0.2) is 19.0 Å². The molecule has 0 aliphatic rings. The van der Waals surface area contributed by atoms with Crippen molar-refractivity contribution in [3.8, 4) is 0 Å². The molecule has 0 atom stereocenters. The van der Waals surface area contributed by atoms with Crippen LogP contribution in [0.3, 0.4) is 0 Å². The van der Waals surface area contributed by atoms with E-state index in [1.807, 2.05) is 12.2 Å². The highest BCUT2D eigenvalue weighted by Crippen LogP contribution is 2.07. The molecule has 16 heavy (non-hydrogen) atoms. The van der Waals surface area contributed by atoms with Gasteiger partial charge in [-0.05, 0) is 30.7 Å². The zero-order valence-electron chi connectivity index (χ0n) is 8.85. The van der Waals surface area contributed by atoms with Gasteiger partial charge in [0.25, 0.3) is 0 Å². The molecule has 0 spiro atoms. The average Bonchev–Trinajstić information content (AvgIpc) is 2.22. The Labute approximate surface area is 99.1 Å². The van der Waals surface area contributed by atoms with Crippen LogP contribution < -0.4 is 5.32 Å². The summed E-state index contributed by atoms with van der Waals surface area (Å²) in [6, 6.07) is 3.57. The fourth-order valence-corrected chi connectivity index (χ4v) is 1.45. The smallest absolute Gasteiger partial charge is 0.126 e. The van der Waals surface area contributed by atoms with Crippen LogP contribution in [0.15, 0.2) is 30.4 Å². The maximum atomic E-state index is 12.8. The molecule has 1 N–H and O–H groups in total. The summed E-state index contributed by atoms with van der Waals surface area (Å²) >= 11 is 5.45. The third-order valence-electron chi connectivity index (χ3n) is 2.03. The second-order valence-corrected chi connectivity index (χ2v) is 3.67. The van der Waals surface area contributed by atoms with Crippen LogP contribution in [0.5, 0.6) is 0 Å². The Balaban J connectivity index is 2.29.